The van der Waals surface area contributed by atoms with Crippen molar-refractivity contribution in [3.8, 4) is 5.75 Å². The Morgan fingerprint density at radius 2 is 1.48 bits per heavy atom. The normalized spacial score (nSPS) is 12.6. The van der Waals surface area contributed by atoms with Gasteiger partial charge in [0.05, 0.1) is 6.61 Å². The maximum atomic E-state index is 5.95. The topological polar surface area (TPSA) is 22.1 Å². The average molecular weight is 360 g/mol. The average Bonchev–Trinajstić information content (AvgIpc) is 2.72. The van der Waals surface area contributed by atoms with Crippen molar-refractivity contribution in [3.05, 3.63) is 95.8 Å². The molecule has 1 aromatic heterocycles. The van der Waals surface area contributed by atoms with Crippen molar-refractivity contribution in [2.24, 2.45) is 0 Å². The van der Waals surface area contributed by atoms with E-state index in [1.807, 2.05) is 12.4 Å². The Morgan fingerprint density at radius 1 is 0.852 bits per heavy atom. The van der Waals surface area contributed by atoms with E-state index in [1.165, 1.54) is 16.7 Å². The predicted octanol–water partition coefficient (Wildman–Crippen LogP) is 6.37. The van der Waals surface area contributed by atoms with Crippen LogP contribution in [0.25, 0.3) is 0 Å². The molecule has 0 radical (unpaired) electrons. The van der Waals surface area contributed by atoms with Gasteiger partial charge in [0.15, 0.2) is 0 Å². The molecule has 1 heterocycles. The van der Waals surface area contributed by atoms with Crippen LogP contribution in [0.2, 0.25) is 0 Å². The standard InChI is InChI=1S/C25H29NO/c1-20(21-15-17-26-18-16-21)8-7-19-27-24-13-11-23(12-14-24)25(2,3)22-9-5-4-6-10-22/h4-6,9-18,20H,7-8,19H2,1-3H3. The van der Waals surface area contributed by atoms with Crippen LogP contribution >= 0.6 is 0 Å². The molecular formula is C25H29NO. The van der Waals surface area contributed by atoms with Gasteiger partial charge in [-0.05, 0) is 59.7 Å². The van der Waals surface area contributed by atoms with E-state index in [1.54, 1.807) is 0 Å². The minimum absolute atomic E-state index is 0.0141. The van der Waals surface area contributed by atoms with Gasteiger partial charge >= 0.3 is 0 Å². The molecule has 2 nitrogen and oxygen atoms in total. The highest BCUT2D eigenvalue weighted by atomic mass is 16.5. The zero-order valence-corrected chi connectivity index (χ0v) is 16.6. The third-order valence-corrected chi connectivity index (χ3v) is 5.40. The summed E-state index contributed by atoms with van der Waals surface area (Å²) in [7, 11) is 0. The van der Waals surface area contributed by atoms with E-state index in [9.17, 15) is 0 Å². The molecule has 0 fully saturated rings. The molecule has 0 saturated heterocycles. The lowest BCUT2D eigenvalue weighted by atomic mass is 9.78. The van der Waals surface area contributed by atoms with Crippen LogP contribution in [0.4, 0.5) is 0 Å². The second-order valence-corrected chi connectivity index (χ2v) is 7.69. The summed E-state index contributed by atoms with van der Waals surface area (Å²) in [6.45, 7) is 7.53. The molecule has 0 bridgehead atoms. The number of hydrogen-bond donors (Lipinski definition) is 0. The van der Waals surface area contributed by atoms with Gasteiger partial charge in [-0.1, -0.05) is 63.2 Å². The van der Waals surface area contributed by atoms with Gasteiger partial charge in [-0.3, -0.25) is 4.98 Å². The van der Waals surface area contributed by atoms with E-state index >= 15 is 0 Å². The Morgan fingerprint density at radius 3 is 2.15 bits per heavy atom. The van der Waals surface area contributed by atoms with E-state index in [2.05, 4.69) is 92.5 Å². The van der Waals surface area contributed by atoms with Crippen molar-refractivity contribution < 1.29 is 4.74 Å². The van der Waals surface area contributed by atoms with Crippen LogP contribution in [-0.2, 0) is 5.41 Å². The lowest BCUT2D eigenvalue weighted by molar-refractivity contribution is 0.302. The van der Waals surface area contributed by atoms with Crippen LogP contribution in [0.15, 0.2) is 79.1 Å². The molecule has 0 aliphatic carbocycles. The van der Waals surface area contributed by atoms with Crippen molar-refractivity contribution in [1.29, 1.82) is 0 Å². The molecule has 0 amide bonds. The third-order valence-electron chi connectivity index (χ3n) is 5.40. The van der Waals surface area contributed by atoms with E-state index in [-0.39, 0.29) is 5.41 Å². The van der Waals surface area contributed by atoms with E-state index in [4.69, 9.17) is 4.74 Å². The second-order valence-electron chi connectivity index (χ2n) is 7.69. The Balaban J connectivity index is 1.51. The zero-order valence-electron chi connectivity index (χ0n) is 16.6. The predicted molar refractivity (Wildman–Crippen MR) is 112 cm³/mol. The minimum Gasteiger partial charge on any atom is -0.494 e. The molecule has 1 atom stereocenters. The summed E-state index contributed by atoms with van der Waals surface area (Å²) in [5.41, 5.74) is 3.95. The quantitative estimate of drug-likeness (QED) is 0.436. The van der Waals surface area contributed by atoms with Crippen molar-refractivity contribution in [3.63, 3.8) is 0 Å². The van der Waals surface area contributed by atoms with Crippen molar-refractivity contribution in [1.82, 2.24) is 4.98 Å². The molecule has 0 aliphatic heterocycles. The molecule has 1 unspecified atom stereocenters. The Bertz CT molecular complexity index is 810. The number of aromatic nitrogens is 1. The number of nitrogens with zero attached hydrogens (tertiary/aromatic N) is 1. The first-order valence-electron chi connectivity index (χ1n) is 9.76. The summed E-state index contributed by atoms with van der Waals surface area (Å²) in [4.78, 5) is 4.08. The highest BCUT2D eigenvalue weighted by Gasteiger charge is 2.22. The molecule has 2 heteroatoms. The molecular weight excluding hydrogens is 330 g/mol. The van der Waals surface area contributed by atoms with Crippen LogP contribution in [0.3, 0.4) is 0 Å². The molecule has 0 saturated carbocycles. The van der Waals surface area contributed by atoms with Crippen LogP contribution < -0.4 is 4.74 Å². The maximum absolute atomic E-state index is 5.95. The first kappa shape index (κ1) is 19.2. The summed E-state index contributed by atoms with van der Waals surface area (Å²) < 4.78 is 5.95. The van der Waals surface area contributed by atoms with Crippen LogP contribution in [-0.4, -0.2) is 11.6 Å². The number of hydrogen-bond acceptors (Lipinski definition) is 2. The zero-order chi connectivity index (χ0) is 19.1. The summed E-state index contributed by atoms with van der Waals surface area (Å²) >= 11 is 0. The summed E-state index contributed by atoms with van der Waals surface area (Å²) in [5, 5.41) is 0. The molecule has 27 heavy (non-hydrogen) atoms. The third kappa shape index (κ3) is 4.97. The minimum atomic E-state index is -0.0141. The van der Waals surface area contributed by atoms with E-state index in [0.717, 1.165) is 25.2 Å². The number of ether oxygens (including phenoxy) is 1. The molecule has 3 rings (SSSR count). The van der Waals surface area contributed by atoms with Gasteiger partial charge in [0.2, 0.25) is 0 Å². The Kier molecular flexibility index (Phi) is 6.28. The van der Waals surface area contributed by atoms with Gasteiger partial charge in [0.1, 0.15) is 5.75 Å². The monoisotopic (exact) mass is 359 g/mol. The Labute approximate surface area is 163 Å². The van der Waals surface area contributed by atoms with Gasteiger partial charge in [-0.25, -0.2) is 0 Å². The summed E-state index contributed by atoms with van der Waals surface area (Å²) in [6.07, 6.45) is 5.88. The molecule has 0 N–H and O–H groups in total. The SMILES string of the molecule is CC(CCCOc1ccc(C(C)(C)c2ccccc2)cc1)c1ccncc1. The van der Waals surface area contributed by atoms with Gasteiger partial charge in [-0.2, -0.15) is 0 Å². The molecule has 0 aliphatic rings. The van der Waals surface area contributed by atoms with Gasteiger partial charge in [0, 0.05) is 17.8 Å². The fraction of sp³-hybridized carbons (Fsp3) is 0.320. The van der Waals surface area contributed by atoms with Gasteiger partial charge < -0.3 is 4.74 Å². The first-order chi connectivity index (χ1) is 13.1. The highest BCUT2D eigenvalue weighted by Crippen LogP contribution is 2.32. The number of rotatable bonds is 8. The maximum Gasteiger partial charge on any atom is 0.119 e. The number of pyridine rings is 1. The highest BCUT2D eigenvalue weighted by molar-refractivity contribution is 5.39. The largest absolute Gasteiger partial charge is 0.494 e. The first-order valence-corrected chi connectivity index (χ1v) is 9.76. The smallest absolute Gasteiger partial charge is 0.119 e. The molecule has 0 spiro atoms. The van der Waals surface area contributed by atoms with E-state index in [0.29, 0.717) is 5.92 Å². The molecule has 2 aromatic carbocycles. The lowest BCUT2D eigenvalue weighted by Gasteiger charge is -2.26. The second kappa shape index (κ2) is 8.85. The summed E-state index contributed by atoms with van der Waals surface area (Å²) in [5.74, 6) is 1.48. The lowest BCUT2D eigenvalue weighted by Crippen LogP contribution is -2.18. The van der Waals surface area contributed by atoms with Crippen molar-refractivity contribution in [2.45, 2.75) is 44.9 Å². The van der Waals surface area contributed by atoms with Crippen LogP contribution in [0.5, 0.6) is 5.75 Å². The van der Waals surface area contributed by atoms with Crippen LogP contribution in [0, 0.1) is 0 Å². The number of benzene rings is 2. The molecule has 140 valence electrons. The van der Waals surface area contributed by atoms with Crippen LogP contribution in [0.1, 0.15) is 56.2 Å². The van der Waals surface area contributed by atoms with Gasteiger partial charge in [0.25, 0.3) is 0 Å². The fourth-order valence-electron chi connectivity index (χ4n) is 3.43. The summed E-state index contributed by atoms with van der Waals surface area (Å²) in [6, 6.07) is 23.4. The Hall–Kier alpha value is -2.61. The van der Waals surface area contributed by atoms with Crippen molar-refractivity contribution >= 4 is 0 Å². The van der Waals surface area contributed by atoms with Gasteiger partial charge in [-0.15, -0.1) is 0 Å². The van der Waals surface area contributed by atoms with E-state index < -0.39 is 0 Å². The fourth-order valence-corrected chi connectivity index (χ4v) is 3.43. The molecule has 3 aromatic rings. The van der Waals surface area contributed by atoms with Crippen molar-refractivity contribution in [2.75, 3.05) is 6.61 Å².